The summed E-state index contributed by atoms with van der Waals surface area (Å²) in [5.41, 5.74) is 0.247. The average Bonchev–Trinajstić information content (AvgIpc) is 2.93. The first-order chi connectivity index (χ1) is 12.0. The first kappa shape index (κ1) is 17.7. The second kappa shape index (κ2) is 7.39. The van der Waals surface area contributed by atoms with Crippen molar-refractivity contribution in [3.05, 3.63) is 28.0 Å². The van der Waals surface area contributed by atoms with Crippen molar-refractivity contribution in [1.29, 1.82) is 0 Å². The summed E-state index contributed by atoms with van der Waals surface area (Å²) in [5, 5.41) is 3.17. The molecule has 1 saturated heterocycles. The topological polar surface area (TPSA) is 80.4 Å². The Morgan fingerprint density at radius 2 is 2.24 bits per heavy atom. The molecule has 1 aliphatic heterocycles. The molecule has 3 rings (SSSR count). The smallest absolute Gasteiger partial charge is 0.265 e. The van der Waals surface area contributed by atoms with Gasteiger partial charge in [-0.05, 0) is 39.7 Å². The number of rotatable bonds is 5. The first-order valence-corrected chi connectivity index (χ1v) is 8.96. The monoisotopic (exact) mass is 346 g/mol. The van der Waals surface area contributed by atoms with E-state index < -0.39 is 0 Å². The molecule has 7 nitrogen and oxygen atoms in total. The molecule has 1 N–H and O–H groups in total. The Bertz CT molecular complexity index is 824. The molecule has 0 radical (unpaired) electrons. The van der Waals surface area contributed by atoms with Crippen LogP contribution in [0.15, 0.2) is 15.5 Å². The quantitative estimate of drug-likeness (QED) is 0.836. The maximum absolute atomic E-state index is 12.6. The van der Waals surface area contributed by atoms with E-state index >= 15 is 0 Å². The zero-order valence-electron chi connectivity index (χ0n) is 15.2. The number of carbonyl (C=O) groups excluding carboxylic acids is 1. The van der Waals surface area contributed by atoms with Crippen molar-refractivity contribution in [3.63, 3.8) is 0 Å². The summed E-state index contributed by atoms with van der Waals surface area (Å²) in [6.07, 6.45) is 6.11. The van der Waals surface area contributed by atoms with Crippen LogP contribution in [-0.4, -0.2) is 46.0 Å². The molecule has 1 amide bonds. The normalized spacial score (nSPS) is 18.6. The third-order valence-electron chi connectivity index (χ3n) is 5.02. The zero-order chi connectivity index (χ0) is 18.0. The third-order valence-corrected chi connectivity index (χ3v) is 5.02. The van der Waals surface area contributed by atoms with Crippen LogP contribution in [0, 0.1) is 6.92 Å². The Morgan fingerprint density at radius 1 is 1.44 bits per heavy atom. The van der Waals surface area contributed by atoms with Gasteiger partial charge in [0.15, 0.2) is 0 Å². The van der Waals surface area contributed by atoms with Crippen molar-refractivity contribution in [2.45, 2.75) is 45.6 Å². The van der Waals surface area contributed by atoms with Crippen LogP contribution in [0.4, 0.5) is 0 Å². The van der Waals surface area contributed by atoms with Crippen LogP contribution in [0.1, 0.15) is 48.7 Å². The van der Waals surface area contributed by atoms with E-state index in [1.807, 2.05) is 0 Å². The molecule has 0 unspecified atom stereocenters. The number of nitrogens with zero attached hydrogens (tertiary/aromatic N) is 3. The molecule has 0 aliphatic carbocycles. The molecule has 1 atom stereocenters. The standard InChI is InChI=1S/C18H26N4O3/c1-12-7-4-5-9-22(12)10-6-8-19-16(23)14-13(2)25-17-15(14)18(24)21(3)11-20-17/h11-12H,4-10H2,1-3H3,(H,19,23)/t12-/m1/s1. The number of hydrogen-bond acceptors (Lipinski definition) is 5. The van der Waals surface area contributed by atoms with E-state index in [0.717, 1.165) is 19.5 Å². The number of fused-ring (bicyclic) bond motifs is 1. The van der Waals surface area contributed by atoms with Crippen LogP contribution >= 0.6 is 0 Å². The fourth-order valence-electron chi connectivity index (χ4n) is 3.52. The zero-order valence-corrected chi connectivity index (χ0v) is 15.2. The summed E-state index contributed by atoms with van der Waals surface area (Å²) in [6, 6.07) is 0.624. The van der Waals surface area contributed by atoms with Crippen molar-refractivity contribution in [2.24, 2.45) is 7.05 Å². The molecule has 2 aromatic heterocycles. The molecule has 1 fully saturated rings. The lowest BCUT2D eigenvalue weighted by Gasteiger charge is -2.33. The molecule has 0 spiro atoms. The van der Waals surface area contributed by atoms with Crippen LogP contribution in [0.25, 0.3) is 11.1 Å². The van der Waals surface area contributed by atoms with Crippen LogP contribution in [0.5, 0.6) is 0 Å². The second-order valence-corrected chi connectivity index (χ2v) is 6.86. The van der Waals surface area contributed by atoms with Gasteiger partial charge in [-0.1, -0.05) is 6.42 Å². The van der Waals surface area contributed by atoms with Crippen LogP contribution < -0.4 is 10.9 Å². The van der Waals surface area contributed by atoms with Gasteiger partial charge < -0.3 is 19.2 Å². The molecule has 7 heteroatoms. The van der Waals surface area contributed by atoms with Gasteiger partial charge in [0.2, 0.25) is 5.71 Å². The molecular formula is C18H26N4O3. The third kappa shape index (κ3) is 3.61. The number of carbonyl (C=O) groups is 1. The maximum atomic E-state index is 12.6. The summed E-state index contributed by atoms with van der Waals surface area (Å²) in [5.74, 6) is 0.154. The van der Waals surface area contributed by atoms with Gasteiger partial charge in [-0.2, -0.15) is 0 Å². The lowest BCUT2D eigenvalue weighted by Crippen LogP contribution is -2.39. The van der Waals surface area contributed by atoms with Crippen LogP contribution in [-0.2, 0) is 7.05 Å². The molecular weight excluding hydrogens is 320 g/mol. The number of amides is 1. The van der Waals surface area contributed by atoms with E-state index in [4.69, 9.17) is 4.42 Å². The number of piperidine rings is 1. The minimum absolute atomic E-state index is 0.216. The van der Waals surface area contributed by atoms with Gasteiger partial charge in [0.05, 0.1) is 5.56 Å². The SMILES string of the molecule is Cc1oc2ncn(C)c(=O)c2c1C(=O)NCCCN1CCCC[C@H]1C. The maximum Gasteiger partial charge on any atom is 0.265 e. The van der Waals surface area contributed by atoms with E-state index in [1.54, 1.807) is 14.0 Å². The van der Waals surface area contributed by atoms with E-state index in [-0.39, 0.29) is 22.6 Å². The largest absolute Gasteiger partial charge is 0.442 e. The van der Waals surface area contributed by atoms with Gasteiger partial charge in [0.25, 0.3) is 11.5 Å². The lowest BCUT2D eigenvalue weighted by atomic mass is 10.0. The van der Waals surface area contributed by atoms with Gasteiger partial charge in [-0.25, -0.2) is 4.98 Å². The summed E-state index contributed by atoms with van der Waals surface area (Å²) in [4.78, 5) is 31.4. The second-order valence-electron chi connectivity index (χ2n) is 6.86. The highest BCUT2D eigenvalue weighted by Crippen LogP contribution is 2.20. The molecule has 3 heterocycles. The molecule has 0 bridgehead atoms. The molecule has 2 aromatic rings. The number of nitrogens with one attached hydrogen (secondary N) is 1. The lowest BCUT2D eigenvalue weighted by molar-refractivity contribution is 0.0948. The molecule has 25 heavy (non-hydrogen) atoms. The number of furan rings is 1. The Balaban J connectivity index is 1.64. The molecule has 1 aliphatic rings. The van der Waals surface area contributed by atoms with Crippen LogP contribution in [0.2, 0.25) is 0 Å². The summed E-state index contributed by atoms with van der Waals surface area (Å²) >= 11 is 0. The average molecular weight is 346 g/mol. The van der Waals surface area contributed by atoms with Gasteiger partial charge in [0.1, 0.15) is 17.5 Å². The molecule has 0 saturated carbocycles. The Labute approximate surface area is 147 Å². The minimum atomic E-state index is -0.270. The Hall–Kier alpha value is -2.15. The van der Waals surface area contributed by atoms with Gasteiger partial charge in [-0.15, -0.1) is 0 Å². The van der Waals surface area contributed by atoms with E-state index in [9.17, 15) is 9.59 Å². The van der Waals surface area contributed by atoms with Crippen molar-refractivity contribution in [1.82, 2.24) is 19.8 Å². The van der Waals surface area contributed by atoms with Crippen molar-refractivity contribution in [2.75, 3.05) is 19.6 Å². The predicted molar refractivity (Wildman–Crippen MR) is 95.8 cm³/mol. The van der Waals surface area contributed by atoms with Crippen molar-refractivity contribution in [3.8, 4) is 0 Å². The first-order valence-electron chi connectivity index (χ1n) is 8.96. The number of likely N-dealkylation sites (tertiary alicyclic amines) is 1. The minimum Gasteiger partial charge on any atom is -0.442 e. The fraction of sp³-hybridized carbons (Fsp3) is 0.611. The summed E-state index contributed by atoms with van der Waals surface area (Å²) in [7, 11) is 1.61. The Morgan fingerprint density at radius 3 is 3.00 bits per heavy atom. The predicted octanol–water partition coefficient (Wildman–Crippen LogP) is 1.83. The Kier molecular flexibility index (Phi) is 5.22. The number of hydrogen-bond donors (Lipinski definition) is 1. The summed E-state index contributed by atoms with van der Waals surface area (Å²) < 4.78 is 6.83. The highest BCUT2D eigenvalue weighted by molar-refractivity contribution is 6.06. The van der Waals surface area contributed by atoms with E-state index in [0.29, 0.717) is 23.9 Å². The number of aromatic nitrogens is 2. The number of aryl methyl sites for hydroxylation is 2. The van der Waals surface area contributed by atoms with Gasteiger partial charge >= 0.3 is 0 Å². The highest BCUT2D eigenvalue weighted by Gasteiger charge is 2.22. The molecule has 136 valence electrons. The van der Waals surface area contributed by atoms with E-state index in [1.165, 1.54) is 30.2 Å². The van der Waals surface area contributed by atoms with E-state index in [2.05, 4.69) is 22.1 Å². The van der Waals surface area contributed by atoms with Crippen molar-refractivity contribution < 1.29 is 9.21 Å². The van der Waals surface area contributed by atoms with Crippen LogP contribution in [0.3, 0.4) is 0 Å². The fourth-order valence-corrected chi connectivity index (χ4v) is 3.52. The molecule has 0 aromatic carbocycles. The summed E-state index contributed by atoms with van der Waals surface area (Å²) in [6.45, 7) is 6.65. The van der Waals surface area contributed by atoms with Gasteiger partial charge in [0, 0.05) is 26.2 Å². The van der Waals surface area contributed by atoms with Gasteiger partial charge in [-0.3, -0.25) is 9.59 Å². The highest BCUT2D eigenvalue weighted by atomic mass is 16.3. The van der Waals surface area contributed by atoms with Crippen molar-refractivity contribution >= 4 is 17.0 Å².